The number of nitrogens with two attached hydrogens (primary N) is 1. The third kappa shape index (κ3) is 1.65. The minimum absolute atomic E-state index is 0.639. The Labute approximate surface area is 80.7 Å². The van der Waals surface area contributed by atoms with Crippen LogP contribution in [0.15, 0.2) is 36.7 Å². The zero-order valence-electron chi connectivity index (χ0n) is 6.81. The van der Waals surface area contributed by atoms with Crippen molar-refractivity contribution in [1.29, 1.82) is 0 Å². The van der Waals surface area contributed by atoms with E-state index in [1.807, 2.05) is 24.3 Å². The van der Waals surface area contributed by atoms with Crippen LogP contribution in [0.25, 0.3) is 5.69 Å². The van der Waals surface area contributed by atoms with Crippen LogP contribution >= 0.6 is 11.6 Å². The summed E-state index contributed by atoms with van der Waals surface area (Å²) in [6.07, 6.45) is 3.34. The molecule has 0 aliphatic heterocycles. The molecule has 0 saturated heterocycles. The van der Waals surface area contributed by atoms with Crippen molar-refractivity contribution in [2.45, 2.75) is 0 Å². The Balaban J connectivity index is 2.46. The number of hydrogen-bond donors (Lipinski definition) is 1. The Kier molecular flexibility index (Phi) is 1.94. The van der Waals surface area contributed by atoms with Gasteiger partial charge >= 0.3 is 0 Å². The van der Waals surface area contributed by atoms with E-state index >= 15 is 0 Å². The molecule has 0 aliphatic rings. The van der Waals surface area contributed by atoms with Crippen LogP contribution in [-0.4, -0.2) is 9.78 Å². The normalized spacial score (nSPS) is 10.2. The van der Waals surface area contributed by atoms with Crippen LogP contribution < -0.4 is 5.73 Å². The molecule has 0 bridgehead atoms. The van der Waals surface area contributed by atoms with Gasteiger partial charge < -0.3 is 5.73 Å². The summed E-state index contributed by atoms with van der Waals surface area (Å²) in [5.41, 5.74) is 7.08. The standard InChI is InChI=1S/C9H8ClN3/c10-7-2-1-3-9(4-7)13-6-8(11)5-12-13/h1-6H,11H2. The molecule has 1 aromatic heterocycles. The number of halogens is 1. The lowest BCUT2D eigenvalue weighted by Gasteiger charge is -1.99. The van der Waals surface area contributed by atoms with E-state index in [1.54, 1.807) is 17.1 Å². The van der Waals surface area contributed by atoms with Crippen molar-refractivity contribution in [2.75, 3.05) is 5.73 Å². The summed E-state index contributed by atoms with van der Waals surface area (Å²) in [4.78, 5) is 0. The van der Waals surface area contributed by atoms with E-state index in [0.717, 1.165) is 5.69 Å². The average Bonchev–Trinajstić information content (AvgIpc) is 2.52. The summed E-state index contributed by atoms with van der Waals surface area (Å²) in [5.74, 6) is 0. The summed E-state index contributed by atoms with van der Waals surface area (Å²) in [6, 6.07) is 7.43. The van der Waals surface area contributed by atoms with Gasteiger partial charge in [0.05, 0.1) is 23.8 Å². The van der Waals surface area contributed by atoms with Crippen molar-refractivity contribution in [3.63, 3.8) is 0 Å². The van der Waals surface area contributed by atoms with Gasteiger partial charge in [-0.15, -0.1) is 0 Å². The fourth-order valence-electron chi connectivity index (χ4n) is 1.10. The largest absolute Gasteiger partial charge is 0.396 e. The van der Waals surface area contributed by atoms with Crippen molar-refractivity contribution in [2.24, 2.45) is 0 Å². The molecule has 1 heterocycles. The molecule has 1 aromatic carbocycles. The first kappa shape index (κ1) is 8.13. The second-order valence-corrected chi connectivity index (χ2v) is 3.13. The lowest BCUT2D eigenvalue weighted by Crippen LogP contribution is -1.93. The predicted octanol–water partition coefficient (Wildman–Crippen LogP) is 2.11. The molecule has 0 radical (unpaired) electrons. The minimum Gasteiger partial charge on any atom is -0.396 e. The Morgan fingerprint density at radius 2 is 2.23 bits per heavy atom. The van der Waals surface area contributed by atoms with Gasteiger partial charge in [-0.2, -0.15) is 5.10 Å². The fourth-order valence-corrected chi connectivity index (χ4v) is 1.28. The third-order valence-electron chi connectivity index (χ3n) is 1.68. The van der Waals surface area contributed by atoms with Gasteiger partial charge in [0.2, 0.25) is 0 Å². The molecule has 0 unspecified atom stereocenters. The molecule has 2 rings (SSSR count). The van der Waals surface area contributed by atoms with Gasteiger partial charge in [0, 0.05) is 5.02 Å². The molecular formula is C9H8ClN3. The number of rotatable bonds is 1. The van der Waals surface area contributed by atoms with E-state index in [2.05, 4.69) is 5.10 Å². The molecule has 0 atom stereocenters. The Hall–Kier alpha value is -1.48. The van der Waals surface area contributed by atoms with Gasteiger partial charge in [-0.1, -0.05) is 17.7 Å². The predicted molar refractivity (Wildman–Crippen MR) is 53.0 cm³/mol. The SMILES string of the molecule is Nc1cnn(-c2cccc(Cl)c2)c1. The van der Waals surface area contributed by atoms with E-state index in [1.165, 1.54) is 0 Å². The maximum atomic E-state index is 5.83. The van der Waals surface area contributed by atoms with Crippen LogP contribution in [-0.2, 0) is 0 Å². The van der Waals surface area contributed by atoms with Crippen LogP contribution in [0, 0.1) is 0 Å². The minimum atomic E-state index is 0.639. The molecule has 2 aromatic rings. The first-order chi connectivity index (χ1) is 6.25. The van der Waals surface area contributed by atoms with Gasteiger partial charge in [0.1, 0.15) is 0 Å². The molecular weight excluding hydrogens is 186 g/mol. The zero-order valence-corrected chi connectivity index (χ0v) is 7.57. The number of hydrogen-bond acceptors (Lipinski definition) is 2. The second kappa shape index (κ2) is 3.11. The summed E-state index contributed by atoms with van der Waals surface area (Å²) in [5, 5.41) is 4.75. The topological polar surface area (TPSA) is 43.8 Å². The van der Waals surface area contributed by atoms with Gasteiger partial charge in [0.25, 0.3) is 0 Å². The Bertz CT molecular complexity index is 422. The smallest absolute Gasteiger partial charge is 0.0724 e. The summed E-state index contributed by atoms with van der Waals surface area (Å²) in [7, 11) is 0. The summed E-state index contributed by atoms with van der Waals surface area (Å²) < 4.78 is 1.68. The zero-order chi connectivity index (χ0) is 9.26. The maximum absolute atomic E-state index is 5.83. The summed E-state index contributed by atoms with van der Waals surface area (Å²) in [6.45, 7) is 0. The van der Waals surface area contributed by atoms with Gasteiger partial charge in [-0.05, 0) is 18.2 Å². The van der Waals surface area contributed by atoms with Crippen LogP contribution in [0.4, 0.5) is 5.69 Å². The highest BCUT2D eigenvalue weighted by molar-refractivity contribution is 6.30. The van der Waals surface area contributed by atoms with Crippen molar-refractivity contribution in [3.05, 3.63) is 41.7 Å². The third-order valence-corrected chi connectivity index (χ3v) is 1.91. The van der Waals surface area contributed by atoms with E-state index in [-0.39, 0.29) is 0 Å². The fraction of sp³-hybridized carbons (Fsp3) is 0. The molecule has 0 spiro atoms. The van der Waals surface area contributed by atoms with E-state index in [0.29, 0.717) is 10.7 Å². The van der Waals surface area contributed by atoms with Crippen molar-refractivity contribution < 1.29 is 0 Å². The van der Waals surface area contributed by atoms with Crippen LogP contribution in [0.1, 0.15) is 0 Å². The molecule has 66 valence electrons. The lowest BCUT2D eigenvalue weighted by atomic mass is 10.3. The number of anilines is 1. The van der Waals surface area contributed by atoms with Crippen molar-refractivity contribution in [1.82, 2.24) is 9.78 Å². The molecule has 3 nitrogen and oxygen atoms in total. The maximum Gasteiger partial charge on any atom is 0.0724 e. The van der Waals surface area contributed by atoms with E-state index in [4.69, 9.17) is 17.3 Å². The lowest BCUT2D eigenvalue weighted by molar-refractivity contribution is 0.881. The highest BCUT2D eigenvalue weighted by atomic mass is 35.5. The number of benzene rings is 1. The number of nitrogen functional groups attached to an aromatic ring is 1. The molecule has 0 aliphatic carbocycles. The molecule has 4 heteroatoms. The monoisotopic (exact) mass is 193 g/mol. The van der Waals surface area contributed by atoms with Crippen molar-refractivity contribution in [3.8, 4) is 5.69 Å². The molecule has 0 fully saturated rings. The molecule has 0 saturated carbocycles. The highest BCUT2D eigenvalue weighted by Crippen LogP contribution is 2.14. The quantitative estimate of drug-likeness (QED) is 0.754. The Morgan fingerprint density at radius 1 is 1.38 bits per heavy atom. The first-order valence-corrected chi connectivity index (χ1v) is 4.19. The average molecular weight is 194 g/mol. The molecule has 2 N–H and O–H groups in total. The van der Waals surface area contributed by atoms with Crippen LogP contribution in [0.2, 0.25) is 5.02 Å². The van der Waals surface area contributed by atoms with Gasteiger partial charge in [-0.25, -0.2) is 4.68 Å². The summed E-state index contributed by atoms with van der Waals surface area (Å²) >= 11 is 5.83. The van der Waals surface area contributed by atoms with Gasteiger partial charge in [0.15, 0.2) is 0 Å². The first-order valence-electron chi connectivity index (χ1n) is 3.82. The highest BCUT2D eigenvalue weighted by Gasteiger charge is 1.97. The van der Waals surface area contributed by atoms with Crippen LogP contribution in [0.5, 0.6) is 0 Å². The Morgan fingerprint density at radius 3 is 2.85 bits per heavy atom. The number of nitrogens with zero attached hydrogens (tertiary/aromatic N) is 2. The molecule has 13 heavy (non-hydrogen) atoms. The van der Waals surface area contributed by atoms with E-state index in [9.17, 15) is 0 Å². The molecule has 0 amide bonds. The van der Waals surface area contributed by atoms with E-state index < -0.39 is 0 Å². The van der Waals surface area contributed by atoms with Crippen LogP contribution in [0.3, 0.4) is 0 Å². The second-order valence-electron chi connectivity index (χ2n) is 2.70. The van der Waals surface area contributed by atoms with Gasteiger partial charge in [-0.3, -0.25) is 0 Å². The number of aromatic nitrogens is 2. The van der Waals surface area contributed by atoms with Crippen molar-refractivity contribution >= 4 is 17.3 Å².